The second kappa shape index (κ2) is 5.79. The third-order valence-electron chi connectivity index (χ3n) is 2.28. The summed E-state index contributed by atoms with van der Waals surface area (Å²) in [6.45, 7) is 5.51. The van der Waals surface area contributed by atoms with E-state index in [1.165, 1.54) is 6.07 Å². The maximum atomic E-state index is 10.9. The standard InChI is InChI=1S/C12H14N2O3/c1-3-4-9(2)13-11-6-5-10(8-15)7-12(11)14(16)17/h3,5-9,13H,1,4H2,2H3. The summed E-state index contributed by atoms with van der Waals surface area (Å²) in [7, 11) is 0. The van der Waals surface area contributed by atoms with Crippen LogP contribution in [0, 0.1) is 10.1 Å². The molecule has 0 amide bonds. The average Bonchev–Trinajstić information content (AvgIpc) is 2.29. The van der Waals surface area contributed by atoms with E-state index in [4.69, 9.17) is 0 Å². The summed E-state index contributed by atoms with van der Waals surface area (Å²) < 4.78 is 0. The third kappa shape index (κ3) is 3.41. The zero-order chi connectivity index (χ0) is 12.8. The van der Waals surface area contributed by atoms with Crippen molar-refractivity contribution < 1.29 is 9.72 Å². The van der Waals surface area contributed by atoms with Gasteiger partial charge >= 0.3 is 0 Å². The molecule has 0 aliphatic rings. The Morgan fingerprint density at radius 3 is 2.82 bits per heavy atom. The van der Waals surface area contributed by atoms with Crippen molar-refractivity contribution in [1.29, 1.82) is 0 Å². The Labute approximate surface area is 99.3 Å². The number of nitro groups is 1. The molecule has 5 heteroatoms. The maximum absolute atomic E-state index is 10.9. The highest BCUT2D eigenvalue weighted by Crippen LogP contribution is 2.26. The molecule has 0 spiro atoms. The van der Waals surface area contributed by atoms with Crippen LogP contribution in [0.15, 0.2) is 30.9 Å². The maximum Gasteiger partial charge on any atom is 0.293 e. The monoisotopic (exact) mass is 234 g/mol. The first-order valence-electron chi connectivity index (χ1n) is 5.19. The van der Waals surface area contributed by atoms with Crippen LogP contribution >= 0.6 is 0 Å². The molecular formula is C12H14N2O3. The topological polar surface area (TPSA) is 72.2 Å². The number of hydrogen-bond donors (Lipinski definition) is 1. The van der Waals surface area contributed by atoms with Gasteiger partial charge in [0, 0.05) is 17.7 Å². The SMILES string of the molecule is C=CCC(C)Nc1ccc(C=O)cc1[N+](=O)[O-]. The largest absolute Gasteiger partial charge is 0.377 e. The molecule has 0 aromatic heterocycles. The highest BCUT2D eigenvalue weighted by atomic mass is 16.6. The quantitative estimate of drug-likeness (QED) is 0.355. The van der Waals surface area contributed by atoms with Crippen LogP contribution in [0.25, 0.3) is 0 Å². The average molecular weight is 234 g/mol. The number of carbonyl (C=O) groups excluding carboxylic acids is 1. The summed E-state index contributed by atoms with van der Waals surface area (Å²) in [5.41, 5.74) is 0.610. The summed E-state index contributed by atoms with van der Waals surface area (Å²) in [6, 6.07) is 4.40. The normalized spacial score (nSPS) is 11.6. The molecule has 0 fully saturated rings. The lowest BCUT2D eigenvalue weighted by Gasteiger charge is -2.13. The van der Waals surface area contributed by atoms with Gasteiger partial charge in [-0.1, -0.05) is 6.08 Å². The highest BCUT2D eigenvalue weighted by molar-refractivity contribution is 5.79. The summed E-state index contributed by atoms with van der Waals surface area (Å²) >= 11 is 0. The Kier molecular flexibility index (Phi) is 4.39. The number of rotatable bonds is 6. The number of aldehydes is 1. The van der Waals surface area contributed by atoms with E-state index in [1.807, 2.05) is 6.92 Å². The molecule has 0 bridgehead atoms. The molecule has 5 nitrogen and oxygen atoms in total. The van der Waals surface area contributed by atoms with Crippen LogP contribution < -0.4 is 5.32 Å². The molecule has 1 unspecified atom stereocenters. The van der Waals surface area contributed by atoms with Gasteiger partial charge in [-0.2, -0.15) is 0 Å². The second-order valence-electron chi connectivity index (χ2n) is 3.72. The van der Waals surface area contributed by atoms with Gasteiger partial charge < -0.3 is 5.32 Å². The van der Waals surface area contributed by atoms with Gasteiger partial charge in [0.15, 0.2) is 0 Å². The van der Waals surface area contributed by atoms with E-state index in [0.29, 0.717) is 24.0 Å². The molecule has 90 valence electrons. The fourth-order valence-electron chi connectivity index (χ4n) is 1.47. The van der Waals surface area contributed by atoms with Crippen molar-refractivity contribution in [3.63, 3.8) is 0 Å². The smallest absolute Gasteiger partial charge is 0.293 e. The third-order valence-corrected chi connectivity index (χ3v) is 2.28. The van der Waals surface area contributed by atoms with Gasteiger partial charge in [-0.25, -0.2) is 0 Å². The van der Waals surface area contributed by atoms with Crippen LogP contribution in [-0.2, 0) is 0 Å². The summed E-state index contributed by atoms with van der Waals surface area (Å²) in [5.74, 6) is 0. The number of hydrogen-bond acceptors (Lipinski definition) is 4. The molecule has 1 aromatic carbocycles. The van der Waals surface area contributed by atoms with E-state index in [0.717, 1.165) is 0 Å². The zero-order valence-electron chi connectivity index (χ0n) is 9.55. The molecule has 0 aliphatic heterocycles. The first kappa shape index (κ1) is 12.9. The highest BCUT2D eigenvalue weighted by Gasteiger charge is 2.15. The molecular weight excluding hydrogens is 220 g/mol. The van der Waals surface area contributed by atoms with Gasteiger partial charge in [0.1, 0.15) is 12.0 Å². The van der Waals surface area contributed by atoms with Crippen LogP contribution in [0.5, 0.6) is 0 Å². The number of nitrogens with zero attached hydrogens (tertiary/aromatic N) is 1. The second-order valence-corrected chi connectivity index (χ2v) is 3.72. The summed E-state index contributed by atoms with van der Waals surface area (Å²) in [4.78, 5) is 20.9. The Bertz CT molecular complexity index is 443. The lowest BCUT2D eigenvalue weighted by atomic mass is 10.1. The van der Waals surface area contributed by atoms with Crippen molar-refractivity contribution in [2.75, 3.05) is 5.32 Å². The Hall–Kier alpha value is -2.17. The van der Waals surface area contributed by atoms with Gasteiger partial charge in [0.2, 0.25) is 0 Å². The molecule has 17 heavy (non-hydrogen) atoms. The van der Waals surface area contributed by atoms with Gasteiger partial charge in [0.25, 0.3) is 5.69 Å². The van der Waals surface area contributed by atoms with E-state index in [2.05, 4.69) is 11.9 Å². The fraction of sp³-hybridized carbons (Fsp3) is 0.250. The van der Waals surface area contributed by atoms with E-state index in [-0.39, 0.29) is 11.7 Å². The van der Waals surface area contributed by atoms with Gasteiger partial charge in [-0.3, -0.25) is 14.9 Å². The van der Waals surface area contributed by atoms with Gasteiger partial charge in [0.05, 0.1) is 4.92 Å². The number of nitro benzene ring substituents is 1. The van der Waals surface area contributed by atoms with Crippen LogP contribution in [0.4, 0.5) is 11.4 Å². The number of anilines is 1. The van der Waals surface area contributed by atoms with E-state index >= 15 is 0 Å². The molecule has 0 saturated carbocycles. The number of nitrogens with one attached hydrogen (secondary N) is 1. The van der Waals surface area contributed by atoms with Crippen molar-refractivity contribution in [1.82, 2.24) is 0 Å². The lowest BCUT2D eigenvalue weighted by molar-refractivity contribution is -0.384. The molecule has 1 aromatic rings. The van der Waals surface area contributed by atoms with Crippen molar-refractivity contribution in [2.45, 2.75) is 19.4 Å². The van der Waals surface area contributed by atoms with E-state index in [1.54, 1.807) is 18.2 Å². The van der Waals surface area contributed by atoms with Crippen LogP contribution in [-0.4, -0.2) is 17.3 Å². The molecule has 0 saturated heterocycles. The predicted molar refractivity (Wildman–Crippen MR) is 66.4 cm³/mol. The summed E-state index contributed by atoms with van der Waals surface area (Å²) in [5, 5.41) is 13.9. The van der Waals surface area contributed by atoms with Crippen LogP contribution in [0.3, 0.4) is 0 Å². The Balaban J connectivity index is 3.01. The zero-order valence-corrected chi connectivity index (χ0v) is 9.55. The Morgan fingerprint density at radius 2 is 2.29 bits per heavy atom. The van der Waals surface area contributed by atoms with Crippen molar-refractivity contribution in [3.8, 4) is 0 Å². The molecule has 1 N–H and O–H groups in total. The fourth-order valence-corrected chi connectivity index (χ4v) is 1.47. The number of benzene rings is 1. The first-order chi connectivity index (χ1) is 8.08. The first-order valence-corrected chi connectivity index (χ1v) is 5.19. The molecule has 0 aliphatic carbocycles. The predicted octanol–water partition coefficient (Wildman–Crippen LogP) is 2.78. The molecule has 1 rings (SSSR count). The Morgan fingerprint density at radius 1 is 1.59 bits per heavy atom. The minimum Gasteiger partial charge on any atom is -0.377 e. The lowest BCUT2D eigenvalue weighted by Crippen LogP contribution is -2.15. The minimum atomic E-state index is -0.504. The van der Waals surface area contributed by atoms with Crippen molar-refractivity contribution >= 4 is 17.7 Å². The van der Waals surface area contributed by atoms with E-state index < -0.39 is 4.92 Å². The van der Waals surface area contributed by atoms with Crippen LogP contribution in [0.2, 0.25) is 0 Å². The molecule has 0 radical (unpaired) electrons. The number of carbonyl (C=O) groups is 1. The van der Waals surface area contributed by atoms with Crippen LogP contribution in [0.1, 0.15) is 23.7 Å². The van der Waals surface area contributed by atoms with Gasteiger partial charge in [-0.05, 0) is 25.5 Å². The van der Waals surface area contributed by atoms with E-state index in [9.17, 15) is 14.9 Å². The molecule has 0 heterocycles. The van der Waals surface area contributed by atoms with Gasteiger partial charge in [-0.15, -0.1) is 6.58 Å². The van der Waals surface area contributed by atoms with Crippen molar-refractivity contribution in [3.05, 3.63) is 46.5 Å². The minimum absolute atomic E-state index is 0.0493. The summed E-state index contributed by atoms with van der Waals surface area (Å²) in [6.07, 6.45) is 3.03. The van der Waals surface area contributed by atoms with Crippen molar-refractivity contribution in [2.24, 2.45) is 0 Å². The molecule has 1 atom stereocenters.